The first-order valence-electron chi connectivity index (χ1n) is 6.56. The quantitative estimate of drug-likeness (QED) is 0.754. The first-order chi connectivity index (χ1) is 10.1. The number of anilines is 2. The minimum absolute atomic E-state index is 0.133. The molecule has 0 spiro atoms. The largest absolute Gasteiger partial charge is 0.497 e. The fraction of sp³-hybridized carbons (Fsp3) is 0.286. The summed E-state index contributed by atoms with van der Waals surface area (Å²) in [6.45, 7) is 2.56. The molecule has 0 amide bonds. The number of ether oxygens (including phenoxy) is 1. The SMILES string of the molecule is CCn1c(N)c(NCc2cccc(OC)c2)c(=O)[nH]c1=O. The maximum atomic E-state index is 11.8. The Morgan fingerprint density at radius 2 is 2.14 bits per heavy atom. The minimum Gasteiger partial charge on any atom is -0.497 e. The van der Waals surface area contributed by atoms with Crippen molar-refractivity contribution in [1.82, 2.24) is 9.55 Å². The summed E-state index contributed by atoms with van der Waals surface area (Å²) in [7, 11) is 1.59. The van der Waals surface area contributed by atoms with Crippen LogP contribution in [-0.2, 0) is 13.1 Å². The maximum Gasteiger partial charge on any atom is 0.330 e. The van der Waals surface area contributed by atoms with Crippen molar-refractivity contribution in [3.8, 4) is 5.75 Å². The summed E-state index contributed by atoms with van der Waals surface area (Å²) in [6, 6.07) is 7.45. The molecule has 0 aliphatic rings. The van der Waals surface area contributed by atoms with Crippen molar-refractivity contribution < 1.29 is 4.74 Å². The molecule has 0 saturated heterocycles. The Labute approximate surface area is 121 Å². The molecule has 0 aliphatic heterocycles. The smallest absolute Gasteiger partial charge is 0.330 e. The number of H-pyrrole nitrogens is 1. The summed E-state index contributed by atoms with van der Waals surface area (Å²) in [5.41, 5.74) is 5.97. The van der Waals surface area contributed by atoms with Gasteiger partial charge in [-0.25, -0.2) is 4.79 Å². The van der Waals surface area contributed by atoms with Crippen molar-refractivity contribution in [1.29, 1.82) is 0 Å². The summed E-state index contributed by atoms with van der Waals surface area (Å²) >= 11 is 0. The van der Waals surface area contributed by atoms with Crippen LogP contribution in [0.5, 0.6) is 5.75 Å². The summed E-state index contributed by atoms with van der Waals surface area (Å²) in [6.07, 6.45) is 0. The van der Waals surface area contributed by atoms with E-state index in [1.54, 1.807) is 14.0 Å². The Bertz CT molecular complexity index is 749. The summed E-state index contributed by atoms with van der Waals surface area (Å²) in [5.74, 6) is 0.865. The van der Waals surface area contributed by atoms with E-state index in [1.165, 1.54) is 4.57 Å². The van der Waals surface area contributed by atoms with Gasteiger partial charge in [-0.15, -0.1) is 0 Å². The van der Waals surface area contributed by atoms with Crippen molar-refractivity contribution in [3.05, 3.63) is 50.7 Å². The molecule has 1 aromatic heterocycles. The molecule has 1 aromatic carbocycles. The van der Waals surface area contributed by atoms with Crippen LogP contribution < -0.4 is 27.0 Å². The number of nitrogens with zero attached hydrogens (tertiary/aromatic N) is 1. The average Bonchev–Trinajstić information content (AvgIpc) is 2.47. The van der Waals surface area contributed by atoms with E-state index in [1.807, 2.05) is 24.3 Å². The maximum absolute atomic E-state index is 11.8. The first kappa shape index (κ1) is 14.7. The zero-order valence-corrected chi connectivity index (χ0v) is 12.0. The predicted molar refractivity (Wildman–Crippen MR) is 81.7 cm³/mol. The van der Waals surface area contributed by atoms with Crippen molar-refractivity contribution in [2.45, 2.75) is 20.0 Å². The normalized spacial score (nSPS) is 10.4. The van der Waals surface area contributed by atoms with Gasteiger partial charge in [-0.05, 0) is 24.6 Å². The molecule has 112 valence electrons. The van der Waals surface area contributed by atoms with E-state index in [9.17, 15) is 9.59 Å². The van der Waals surface area contributed by atoms with Crippen molar-refractivity contribution >= 4 is 11.5 Å². The van der Waals surface area contributed by atoms with Gasteiger partial charge in [0.25, 0.3) is 5.56 Å². The summed E-state index contributed by atoms with van der Waals surface area (Å²) in [4.78, 5) is 25.7. The van der Waals surface area contributed by atoms with Gasteiger partial charge in [-0.3, -0.25) is 14.3 Å². The second-order valence-electron chi connectivity index (χ2n) is 4.47. The van der Waals surface area contributed by atoms with E-state index in [-0.39, 0.29) is 11.5 Å². The number of benzene rings is 1. The van der Waals surface area contributed by atoms with E-state index >= 15 is 0 Å². The van der Waals surface area contributed by atoms with E-state index in [0.717, 1.165) is 11.3 Å². The molecule has 0 bridgehead atoms. The molecule has 21 heavy (non-hydrogen) atoms. The lowest BCUT2D eigenvalue weighted by Crippen LogP contribution is -2.33. The standard InChI is InChI=1S/C14H18N4O3/c1-3-18-12(15)11(13(19)17-14(18)20)16-8-9-5-4-6-10(7-9)21-2/h4-7,16H,3,8,15H2,1-2H3,(H,17,19,20). The van der Waals surface area contributed by atoms with Crippen LogP contribution >= 0.6 is 0 Å². The molecule has 0 saturated carbocycles. The van der Waals surface area contributed by atoms with Crippen LogP contribution in [0, 0.1) is 0 Å². The molecule has 1 heterocycles. The Kier molecular flexibility index (Phi) is 4.32. The van der Waals surface area contributed by atoms with Crippen LogP contribution in [0.1, 0.15) is 12.5 Å². The molecule has 7 heteroatoms. The second kappa shape index (κ2) is 6.17. The van der Waals surface area contributed by atoms with Gasteiger partial charge >= 0.3 is 5.69 Å². The number of nitrogen functional groups attached to an aromatic ring is 1. The molecule has 4 N–H and O–H groups in total. The topological polar surface area (TPSA) is 102 Å². The zero-order chi connectivity index (χ0) is 15.4. The van der Waals surface area contributed by atoms with Crippen molar-refractivity contribution in [2.75, 3.05) is 18.2 Å². The number of methoxy groups -OCH3 is 1. The summed E-state index contributed by atoms with van der Waals surface area (Å²) < 4.78 is 6.44. The Morgan fingerprint density at radius 3 is 2.81 bits per heavy atom. The van der Waals surface area contributed by atoms with Gasteiger partial charge in [0, 0.05) is 13.1 Å². The van der Waals surface area contributed by atoms with Crippen LogP contribution in [0.4, 0.5) is 11.5 Å². The highest BCUT2D eigenvalue weighted by Crippen LogP contribution is 2.15. The van der Waals surface area contributed by atoms with Crippen LogP contribution in [0.2, 0.25) is 0 Å². The highest BCUT2D eigenvalue weighted by atomic mass is 16.5. The third kappa shape index (κ3) is 3.07. The number of nitrogens with one attached hydrogen (secondary N) is 2. The first-order valence-corrected chi connectivity index (χ1v) is 6.56. The van der Waals surface area contributed by atoms with Crippen LogP contribution in [-0.4, -0.2) is 16.7 Å². The predicted octanol–water partition coefficient (Wildman–Crippen LogP) is 0.759. The molecule has 0 unspecified atom stereocenters. The van der Waals surface area contributed by atoms with Gasteiger partial charge in [-0.2, -0.15) is 0 Å². The third-order valence-electron chi connectivity index (χ3n) is 3.16. The Hall–Kier alpha value is -2.70. The summed E-state index contributed by atoms with van der Waals surface area (Å²) in [5, 5.41) is 2.97. The number of hydrogen-bond acceptors (Lipinski definition) is 5. The van der Waals surface area contributed by atoms with Crippen LogP contribution in [0.3, 0.4) is 0 Å². The molecule has 0 aliphatic carbocycles. The van der Waals surface area contributed by atoms with Crippen LogP contribution in [0.15, 0.2) is 33.9 Å². The minimum atomic E-state index is -0.523. The average molecular weight is 290 g/mol. The second-order valence-corrected chi connectivity index (χ2v) is 4.47. The Morgan fingerprint density at radius 1 is 1.38 bits per heavy atom. The van der Waals surface area contributed by atoms with Gasteiger partial charge in [0.2, 0.25) is 0 Å². The number of aromatic nitrogens is 2. The zero-order valence-electron chi connectivity index (χ0n) is 12.0. The number of hydrogen-bond donors (Lipinski definition) is 3. The molecular formula is C14H18N4O3. The lowest BCUT2D eigenvalue weighted by molar-refractivity contribution is 0.414. The van der Waals surface area contributed by atoms with E-state index in [0.29, 0.717) is 13.1 Å². The molecule has 7 nitrogen and oxygen atoms in total. The van der Waals surface area contributed by atoms with Gasteiger partial charge < -0.3 is 15.8 Å². The molecule has 0 fully saturated rings. The fourth-order valence-corrected chi connectivity index (χ4v) is 2.05. The molecular weight excluding hydrogens is 272 g/mol. The van der Waals surface area contributed by atoms with Gasteiger partial charge in [0.05, 0.1) is 7.11 Å². The molecule has 2 rings (SSSR count). The van der Waals surface area contributed by atoms with Gasteiger partial charge in [0.1, 0.15) is 17.3 Å². The fourth-order valence-electron chi connectivity index (χ4n) is 2.05. The lowest BCUT2D eigenvalue weighted by atomic mass is 10.2. The van der Waals surface area contributed by atoms with Crippen molar-refractivity contribution in [3.63, 3.8) is 0 Å². The molecule has 0 atom stereocenters. The number of nitrogens with two attached hydrogens (primary N) is 1. The molecule has 0 radical (unpaired) electrons. The number of rotatable bonds is 5. The molecule has 2 aromatic rings. The monoisotopic (exact) mass is 290 g/mol. The van der Waals surface area contributed by atoms with Gasteiger partial charge in [-0.1, -0.05) is 12.1 Å². The van der Waals surface area contributed by atoms with Crippen LogP contribution in [0.25, 0.3) is 0 Å². The number of aromatic amines is 1. The Balaban J connectivity index is 2.28. The van der Waals surface area contributed by atoms with Gasteiger partial charge in [0.15, 0.2) is 0 Å². The van der Waals surface area contributed by atoms with E-state index < -0.39 is 11.2 Å². The van der Waals surface area contributed by atoms with E-state index in [2.05, 4.69) is 10.3 Å². The van der Waals surface area contributed by atoms with E-state index in [4.69, 9.17) is 10.5 Å². The van der Waals surface area contributed by atoms with Crippen molar-refractivity contribution in [2.24, 2.45) is 0 Å². The lowest BCUT2D eigenvalue weighted by Gasteiger charge is -2.12. The third-order valence-corrected chi connectivity index (χ3v) is 3.16. The highest BCUT2D eigenvalue weighted by Gasteiger charge is 2.10. The highest BCUT2D eigenvalue weighted by molar-refractivity contribution is 5.60.